The van der Waals surface area contributed by atoms with E-state index < -0.39 is 10.8 Å². The van der Waals surface area contributed by atoms with E-state index in [4.69, 9.17) is 5.26 Å². The highest BCUT2D eigenvalue weighted by atomic mass is 32.2. The Kier molecular flexibility index (Phi) is 4.44. The minimum absolute atomic E-state index is 0.375. The molecule has 0 saturated heterocycles. The maximum Gasteiger partial charge on any atom is 0.123 e. The van der Waals surface area contributed by atoms with Gasteiger partial charge in [0.25, 0.3) is 0 Å². The molecule has 0 bridgehead atoms. The number of nitrogens with zero attached hydrogens (tertiary/aromatic N) is 1. The largest absolute Gasteiger partial charge is 0.255 e. The van der Waals surface area contributed by atoms with Crippen LogP contribution in [-0.2, 0) is 10.8 Å². The van der Waals surface area contributed by atoms with Crippen LogP contribution >= 0.6 is 0 Å². The normalized spacial score (nSPS) is 12.2. The molecule has 2 rings (SSSR count). The number of hydrogen-bond acceptors (Lipinski definition) is 2. The van der Waals surface area contributed by atoms with Crippen LogP contribution in [0, 0.1) is 17.1 Å². The summed E-state index contributed by atoms with van der Waals surface area (Å²) in [7, 11) is -1.00. The Balaban J connectivity index is 2.27. The summed E-state index contributed by atoms with van der Waals surface area (Å²) < 4.78 is 24.4. The third-order valence-electron chi connectivity index (χ3n) is 2.80. The van der Waals surface area contributed by atoms with Crippen LogP contribution in [0.2, 0.25) is 0 Å². The van der Waals surface area contributed by atoms with Crippen molar-refractivity contribution in [2.45, 2.75) is 4.90 Å². The molecular formula is C16H12FNOS. The maximum atomic E-state index is 13.2. The Bertz CT molecular complexity index is 714. The fourth-order valence-corrected chi connectivity index (χ4v) is 2.25. The SMILES string of the molecule is CS(=O)c1ccc(C=Cc2cc(F)ccc2C#N)cc1. The number of halogens is 1. The van der Waals surface area contributed by atoms with Crippen LogP contribution in [0.3, 0.4) is 0 Å². The van der Waals surface area contributed by atoms with Crippen molar-refractivity contribution < 1.29 is 8.60 Å². The molecule has 0 aromatic heterocycles. The number of benzene rings is 2. The van der Waals surface area contributed by atoms with E-state index in [1.54, 1.807) is 30.5 Å². The fraction of sp³-hybridized carbons (Fsp3) is 0.0625. The molecular weight excluding hydrogens is 273 g/mol. The van der Waals surface area contributed by atoms with Crippen LogP contribution in [0.5, 0.6) is 0 Å². The van der Waals surface area contributed by atoms with Crippen molar-refractivity contribution in [3.05, 3.63) is 65.0 Å². The van der Waals surface area contributed by atoms with Crippen LogP contribution in [0.4, 0.5) is 4.39 Å². The molecule has 0 radical (unpaired) electrons. The van der Waals surface area contributed by atoms with Gasteiger partial charge >= 0.3 is 0 Å². The van der Waals surface area contributed by atoms with E-state index in [-0.39, 0.29) is 5.82 Å². The molecule has 0 heterocycles. The number of hydrogen-bond donors (Lipinski definition) is 0. The van der Waals surface area contributed by atoms with E-state index in [2.05, 4.69) is 0 Å². The zero-order valence-electron chi connectivity index (χ0n) is 10.8. The smallest absolute Gasteiger partial charge is 0.123 e. The molecule has 1 atom stereocenters. The van der Waals surface area contributed by atoms with Crippen molar-refractivity contribution in [2.75, 3.05) is 6.26 Å². The summed E-state index contributed by atoms with van der Waals surface area (Å²) in [5.74, 6) is -0.375. The fourth-order valence-electron chi connectivity index (χ4n) is 1.73. The predicted octanol–water partition coefficient (Wildman–Crippen LogP) is 3.61. The van der Waals surface area contributed by atoms with Gasteiger partial charge in [-0.3, -0.25) is 4.21 Å². The van der Waals surface area contributed by atoms with Crippen molar-refractivity contribution in [3.8, 4) is 6.07 Å². The Morgan fingerprint density at radius 3 is 2.45 bits per heavy atom. The summed E-state index contributed by atoms with van der Waals surface area (Å²) in [5.41, 5.74) is 1.86. The summed E-state index contributed by atoms with van der Waals surface area (Å²) >= 11 is 0. The minimum atomic E-state index is -1.00. The Morgan fingerprint density at radius 2 is 1.85 bits per heavy atom. The van der Waals surface area contributed by atoms with Gasteiger partial charge in [0, 0.05) is 22.0 Å². The summed E-state index contributed by atoms with van der Waals surface area (Å²) in [4.78, 5) is 0.755. The van der Waals surface area contributed by atoms with E-state index in [9.17, 15) is 8.60 Å². The topological polar surface area (TPSA) is 40.9 Å². The highest BCUT2D eigenvalue weighted by Crippen LogP contribution is 2.15. The molecule has 0 saturated carbocycles. The summed E-state index contributed by atoms with van der Waals surface area (Å²) in [5, 5.41) is 8.96. The van der Waals surface area contributed by atoms with Gasteiger partial charge in [-0.2, -0.15) is 5.26 Å². The van der Waals surface area contributed by atoms with E-state index in [1.807, 2.05) is 18.2 Å². The zero-order valence-corrected chi connectivity index (χ0v) is 11.7. The van der Waals surface area contributed by atoms with Crippen LogP contribution in [-0.4, -0.2) is 10.5 Å². The molecule has 0 N–H and O–H groups in total. The molecule has 0 spiro atoms. The van der Waals surface area contributed by atoms with Crippen molar-refractivity contribution in [2.24, 2.45) is 0 Å². The molecule has 0 aliphatic rings. The quantitative estimate of drug-likeness (QED) is 0.808. The van der Waals surface area contributed by atoms with Crippen LogP contribution < -0.4 is 0 Å². The van der Waals surface area contributed by atoms with Gasteiger partial charge < -0.3 is 0 Å². The van der Waals surface area contributed by atoms with Crippen LogP contribution in [0.25, 0.3) is 12.2 Å². The monoisotopic (exact) mass is 285 g/mol. The Morgan fingerprint density at radius 1 is 1.15 bits per heavy atom. The maximum absolute atomic E-state index is 13.2. The van der Waals surface area contributed by atoms with Crippen molar-refractivity contribution in [1.82, 2.24) is 0 Å². The average molecular weight is 285 g/mol. The first-order valence-corrected chi connectivity index (χ1v) is 7.47. The van der Waals surface area contributed by atoms with Gasteiger partial charge in [-0.1, -0.05) is 24.3 Å². The van der Waals surface area contributed by atoms with Gasteiger partial charge in [0.15, 0.2) is 0 Å². The molecule has 0 aliphatic heterocycles. The third kappa shape index (κ3) is 3.40. The van der Waals surface area contributed by atoms with Crippen molar-refractivity contribution >= 4 is 23.0 Å². The van der Waals surface area contributed by atoms with Crippen molar-refractivity contribution in [3.63, 3.8) is 0 Å². The molecule has 20 heavy (non-hydrogen) atoms. The van der Waals surface area contributed by atoms with Crippen molar-refractivity contribution in [1.29, 1.82) is 5.26 Å². The lowest BCUT2D eigenvalue weighted by Gasteiger charge is -1.99. The molecule has 0 fully saturated rings. The Hall–Kier alpha value is -2.25. The van der Waals surface area contributed by atoms with Gasteiger partial charge in [0.05, 0.1) is 11.6 Å². The first kappa shape index (κ1) is 14.2. The molecule has 2 aromatic carbocycles. The molecule has 4 heteroatoms. The van der Waals surface area contributed by atoms with Gasteiger partial charge in [-0.25, -0.2) is 4.39 Å². The van der Waals surface area contributed by atoms with E-state index in [0.717, 1.165) is 10.5 Å². The molecule has 0 aliphatic carbocycles. The van der Waals surface area contributed by atoms with Gasteiger partial charge in [-0.05, 0) is 41.5 Å². The average Bonchev–Trinajstić information content (AvgIpc) is 2.45. The lowest BCUT2D eigenvalue weighted by Crippen LogP contribution is -1.86. The standard InChI is InChI=1S/C16H12FNOS/c1-20(19)16-8-3-12(4-9-16)2-5-13-10-15(17)7-6-14(13)11-18/h2-10H,1H3. The Labute approximate surface area is 119 Å². The van der Waals surface area contributed by atoms with Gasteiger partial charge in [-0.15, -0.1) is 0 Å². The molecule has 100 valence electrons. The second kappa shape index (κ2) is 6.27. The summed E-state index contributed by atoms with van der Waals surface area (Å²) in [6.45, 7) is 0. The first-order valence-electron chi connectivity index (χ1n) is 5.91. The van der Waals surface area contributed by atoms with E-state index in [0.29, 0.717) is 11.1 Å². The first-order chi connectivity index (χ1) is 9.60. The van der Waals surface area contributed by atoms with Gasteiger partial charge in [0.2, 0.25) is 0 Å². The highest BCUT2D eigenvalue weighted by Gasteiger charge is 2.00. The lowest BCUT2D eigenvalue weighted by atomic mass is 10.1. The second-order valence-corrected chi connectivity index (χ2v) is 5.58. The molecule has 2 nitrogen and oxygen atoms in total. The summed E-state index contributed by atoms with van der Waals surface area (Å²) in [6, 6.07) is 13.3. The molecule has 2 aromatic rings. The predicted molar refractivity (Wildman–Crippen MR) is 78.8 cm³/mol. The second-order valence-electron chi connectivity index (χ2n) is 4.20. The van der Waals surface area contributed by atoms with Crippen LogP contribution in [0.15, 0.2) is 47.4 Å². The minimum Gasteiger partial charge on any atom is -0.255 e. The molecule has 0 amide bonds. The van der Waals surface area contributed by atoms with E-state index in [1.165, 1.54) is 18.2 Å². The third-order valence-corrected chi connectivity index (χ3v) is 3.74. The number of nitriles is 1. The molecule has 1 unspecified atom stereocenters. The van der Waals surface area contributed by atoms with Crippen LogP contribution in [0.1, 0.15) is 16.7 Å². The number of rotatable bonds is 3. The van der Waals surface area contributed by atoms with E-state index >= 15 is 0 Å². The summed E-state index contributed by atoms with van der Waals surface area (Å²) in [6.07, 6.45) is 5.11. The van der Waals surface area contributed by atoms with Gasteiger partial charge in [0.1, 0.15) is 5.82 Å². The zero-order chi connectivity index (χ0) is 14.5. The lowest BCUT2D eigenvalue weighted by molar-refractivity contribution is 0.627. The highest BCUT2D eigenvalue weighted by molar-refractivity contribution is 7.84.